The van der Waals surface area contributed by atoms with Gasteiger partial charge in [-0.15, -0.1) is 0 Å². The molecule has 0 aliphatic rings. The molecule has 3 aromatic rings. The molecule has 0 atom stereocenters. The summed E-state index contributed by atoms with van der Waals surface area (Å²) in [5, 5.41) is 7.75. The van der Waals surface area contributed by atoms with Gasteiger partial charge in [0.25, 0.3) is 0 Å². The quantitative estimate of drug-likeness (QED) is 0.778. The van der Waals surface area contributed by atoms with Gasteiger partial charge in [0, 0.05) is 25.1 Å². The average Bonchev–Trinajstić information content (AvgIpc) is 3.09. The fraction of sp³-hybridized carbons (Fsp3) is 0.143. The number of rotatable bonds is 5. The van der Waals surface area contributed by atoms with Crippen molar-refractivity contribution in [3.8, 4) is 11.8 Å². The van der Waals surface area contributed by atoms with Crippen molar-refractivity contribution in [1.29, 1.82) is 0 Å². The summed E-state index contributed by atoms with van der Waals surface area (Å²) in [4.78, 5) is 12.4. The minimum atomic E-state index is 0.263. The number of nitrogens with one attached hydrogen (secondary N) is 1. The van der Waals surface area contributed by atoms with Crippen LogP contribution in [0.1, 0.15) is 5.56 Å². The maximum absolute atomic E-state index is 6.06. The largest absolute Gasteiger partial charge is 0.467 e. The molecule has 0 aliphatic carbocycles. The highest BCUT2D eigenvalue weighted by Crippen LogP contribution is 2.21. The summed E-state index contributed by atoms with van der Waals surface area (Å²) in [5.74, 6) is 1.27. The number of aromatic nitrogens is 5. The lowest BCUT2D eigenvalue weighted by Gasteiger charge is -2.09. The number of hydrogen-bond acceptors (Lipinski definition) is 6. The third-order valence-corrected chi connectivity index (χ3v) is 3.19. The van der Waals surface area contributed by atoms with Crippen molar-refractivity contribution < 1.29 is 4.74 Å². The van der Waals surface area contributed by atoms with Gasteiger partial charge in [0.15, 0.2) is 11.6 Å². The van der Waals surface area contributed by atoms with Crippen molar-refractivity contribution in [3.63, 3.8) is 0 Å². The molecule has 0 saturated heterocycles. The predicted octanol–water partition coefficient (Wildman–Crippen LogP) is 2.33. The Morgan fingerprint density at radius 2 is 2.23 bits per heavy atom. The zero-order valence-corrected chi connectivity index (χ0v) is 12.5. The Balaban J connectivity index is 1.76. The van der Waals surface area contributed by atoms with E-state index < -0.39 is 0 Å². The van der Waals surface area contributed by atoms with E-state index in [1.54, 1.807) is 17.1 Å². The average molecular weight is 317 g/mol. The smallest absolute Gasteiger partial charge is 0.318 e. The first-order chi connectivity index (χ1) is 10.8. The molecule has 0 fully saturated rings. The van der Waals surface area contributed by atoms with Gasteiger partial charge >= 0.3 is 6.01 Å². The minimum Gasteiger partial charge on any atom is -0.467 e. The van der Waals surface area contributed by atoms with Crippen LogP contribution in [0.25, 0.3) is 5.82 Å². The minimum absolute atomic E-state index is 0.263. The summed E-state index contributed by atoms with van der Waals surface area (Å²) in [5.41, 5.74) is 1.02. The van der Waals surface area contributed by atoms with Crippen LogP contribution in [0, 0.1) is 0 Å². The molecule has 0 aromatic carbocycles. The SMILES string of the molecule is COc1ncc(Cl)c(NCc2ccnc(-n3cccn3)c2)n1. The van der Waals surface area contributed by atoms with Crippen LogP contribution in [-0.4, -0.2) is 31.8 Å². The fourth-order valence-electron chi connectivity index (χ4n) is 1.86. The summed E-state index contributed by atoms with van der Waals surface area (Å²) < 4.78 is 6.69. The highest BCUT2D eigenvalue weighted by atomic mass is 35.5. The molecular weight excluding hydrogens is 304 g/mol. The maximum atomic E-state index is 6.06. The van der Waals surface area contributed by atoms with Gasteiger partial charge in [-0.2, -0.15) is 10.1 Å². The van der Waals surface area contributed by atoms with Crippen LogP contribution in [0.4, 0.5) is 5.82 Å². The molecule has 22 heavy (non-hydrogen) atoms. The number of methoxy groups -OCH3 is 1. The van der Waals surface area contributed by atoms with Gasteiger partial charge < -0.3 is 10.1 Å². The lowest BCUT2D eigenvalue weighted by Crippen LogP contribution is -2.05. The highest BCUT2D eigenvalue weighted by Gasteiger charge is 2.06. The topological polar surface area (TPSA) is 77.8 Å². The van der Waals surface area contributed by atoms with Crippen molar-refractivity contribution in [3.05, 3.63) is 53.6 Å². The highest BCUT2D eigenvalue weighted by molar-refractivity contribution is 6.32. The van der Waals surface area contributed by atoms with Gasteiger partial charge in [-0.1, -0.05) is 11.6 Å². The van der Waals surface area contributed by atoms with Crippen molar-refractivity contribution in [1.82, 2.24) is 24.7 Å². The van der Waals surface area contributed by atoms with Gasteiger partial charge in [0.2, 0.25) is 0 Å². The van der Waals surface area contributed by atoms with E-state index in [2.05, 4.69) is 25.4 Å². The Kier molecular flexibility index (Phi) is 4.15. The van der Waals surface area contributed by atoms with E-state index in [9.17, 15) is 0 Å². The molecule has 0 unspecified atom stereocenters. The summed E-state index contributed by atoms with van der Waals surface area (Å²) in [7, 11) is 1.51. The summed E-state index contributed by atoms with van der Waals surface area (Å²) in [6, 6.07) is 5.96. The number of halogens is 1. The Bertz CT molecular complexity index is 762. The second-order valence-electron chi connectivity index (χ2n) is 4.38. The van der Waals surface area contributed by atoms with Crippen LogP contribution >= 0.6 is 11.6 Å². The molecule has 3 rings (SSSR count). The molecule has 0 bridgehead atoms. The summed E-state index contributed by atoms with van der Waals surface area (Å²) >= 11 is 6.06. The molecule has 0 spiro atoms. The van der Waals surface area contributed by atoms with Crippen molar-refractivity contribution in [2.45, 2.75) is 6.54 Å². The number of nitrogens with zero attached hydrogens (tertiary/aromatic N) is 5. The zero-order chi connectivity index (χ0) is 15.4. The van der Waals surface area contributed by atoms with E-state index in [4.69, 9.17) is 16.3 Å². The first kappa shape index (κ1) is 14.3. The third kappa shape index (κ3) is 3.15. The van der Waals surface area contributed by atoms with Crippen molar-refractivity contribution in [2.24, 2.45) is 0 Å². The van der Waals surface area contributed by atoms with Crippen LogP contribution in [0.2, 0.25) is 5.02 Å². The zero-order valence-electron chi connectivity index (χ0n) is 11.8. The fourth-order valence-corrected chi connectivity index (χ4v) is 2.02. The van der Waals surface area contributed by atoms with E-state index in [-0.39, 0.29) is 6.01 Å². The van der Waals surface area contributed by atoms with Crippen molar-refractivity contribution >= 4 is 17.4 Å². The van der Waals surface area contributed by atoms with Crippen LogP contribution in [0.3, 0.4) is 0 Å². The number of anilines is 1. The number of pyridine rings is 1. The number of ether oxygens (including phenoxy) is 1. The first-order valence-electron chi connectivity index (χ1n) is 6.51. The van der Waals surface area contributed by atoms with E-state index in [1.807, 2.05) is 24.4 Å². The second-order valence-corrected chi connectivity index (χ2v) is 4.79. The molecule has 1 N–H and O–H groups in total. The summed E-state index contributed by atoms with van der Waals surface area (Å²) in [6.07, 6.45) is 6.78. The molecular formula is C14H13ClN6O. The standard InChI is InChI=1S/C14H13ClN6O/c1-22-14-18-9-11(15)13(20-14)17-8-10-3-5-16-12(7-10)21-6-2-4-19-21/h2-7,9H,8H2,1H3,(H,17,18,20). The molecule has 0 radical (unpaired) electrons. The molecule has 112 valence electrons. The molecule has 3 aromatic heterocycles. The first-order valence-corrected chi connectivity index (χ1v) is 6.89. The molecule has 0 aliphatic heterocycles. The monoisotopic (exact) mass is 316 g/mol. The van der Waals surface area contributed by atoms with E-state index in [0.29, 0.717) is 17.4 Å². The Hall–Kier alpha value is -2.67. The van der Waals surface area contributed by atoms with Gasteiger partial charge in [-0.05, 0) is 23.8 Å². The Labute approximate surface area is 132 Å². The van der Waals surface area contributed by atoms with Crippen LogP contribution in [-0.2, 0) is 6.54 Å². The molecule has 8 heteroatoms. The predicted molar refractivity (Wildman–Crippen MR) is 82.3 cm³/mol. The lowest BCUT2D eigenvalue weighted by atomic mass is 10.2. The Morgan fingerprint density at radius 3 is 3.00 bits per heavy atom. The molecule has 0 amide bonds. The number of hydrogen-bond donors (Lipinski definition) is 1. The second kappa shape index (κ2) is 6.40. The van der Waals surface area contributed by atoms with Crippen molar-refractivity contribution in [2.75, 3.05) is 12.4 Å². The van der Waals surface area contributed by atoms with Gasteiger partial charge in [0.05, 0.1) is 13.3 Å². The van der Waals surface area contributed by atoms with Gasteiger partial charge in [-0.25, -0.2) is 14.6 Å². The summed E-state index contributed by atoms with van der Waals surface area (Å²) in [6.45, 7) is 0.538. The Morgan fingerprint density at radius 1 is 1.32 bits per heavy atom. The third-order valence-electron chi connectivity index (χ3n) is 2.91. The normalized spacial score (nSPS) is 10.5. The lowest BCUT2D eigenvalue weighted by molar-refractivity contribution is 0.380. The van der Waals surface area contributed by atoms with E-state index >= 15 is 0 Å². The molecule has 0 saturated carbocycles. The van der Waals surface area contributed by atoms with Gasteiger partial charge in [-0.3, -0.25) is 0 Å². The van der Waals surface area contributed by atoms with E-state index in [0.717, 1.165) is 11.4 Å². The van der Waals surface area contributed by atoms with E-state index in [1.165, 1.54) is 13.3 Å². The molecule has 7 nitrogen and oxygen atoms in total. The maximum Gasteiger partial charge on any atom is 0.318 e. The van der Waals surface area contributed by atoms with Crippen LogP contribution < -0.4 is 10.1 Å². The van der Waals surface area contributed by atoms with Crippen LogP contribution in [0.5, 0.6) is 6.01 Å². The van der Waals surface area contributed by atoms with Gasteiger partial charge in [0.1, 0.15) is 5.02 Å². The molecule has 3 heterocycles. The van der Waals surface area contributed by atoms with Crippen LogP contribution in [0.15, 0.2) is 43.0 Å².